The van der Waals surface area contributed by atoms with Gasteiger partial charge in [0.1, 0.15) is 11.4 Å². The van der Waals surface area contributed by atoms with Crippen molar-refractivity contribution in [2.75, 3.05) is 5.01 Å². The monoisotopic (exact) mass is 198 g/mol. The third kappa shape index (κ3) is 1.17. The number of hydrazine groups is 1. The molecule has 0 radical (unpaired) electrons. The van der Waals surface area contributed by atoms with E-state index in [1.807, 2.05) is 48.5 Å². The van der Waals surface area contributed by atoms with Crippen LogP contribution in [0.4, 0.5) is 11.4 Å². The Balaban J connectivity index is 2.20. The van der Waals surface area contributed by atoms with E-state index < -0.39 is 0 Å². The third-order valence-electron chi connectivity index (χ3n) is 2.47. The molecular formula is C12H10N2O. The van der Waals surface area contributed by atoms with Crippen LogP contribution < -0.4 is 15.6 Å². The smallest absolute Gasteiger partial charge is 0.152 e. The van der Waals surface area contributed by atoms with Gasteiger partial charge in [-0.25, -0.2) is 5.84 Å². The van der Waals surface area contributed by atoms with Crippen LogP contribution in [0.5, 0.6) is 11.5 Å². The molecule has 2 aromatic carbocycles. The van der Waals surface area contributed by atoms with E-state index in [-0.39, 0.29) is 0 Å². The van der Waals surface area contributed by atoms with Crippen LogP contribution >= 0.6 is 0 Å². The van der Waals surface area contributed by atoms with Gasteiger partial charge >= 0.3 is 0 Å². The van der Waals surface area contributed by atoms with Gasteiger partial charge in [0, 0.05) is 0 Å². The summed E-state index contributed by atoms with van der Waals surface area (Å²) < 4.78 is 5.73. The fraction of sp³-hybridized carbons (Fsp3) is 0. The van der Waals surface area contributed by atoms with Gasteiger partial charge in [-0.05, 0) is 24.3 Å². The minimum absolute atomic E-state index is 0.790. The molecule has 74 valence electrons. The zero-order valence-corrected chi connectivity index (χ0v) is 8.05. The van der Waals surface area contributed by atoms with Gasteiger partial charge in [-0.1, -0.05) is 24.3 Å². The maximum Gasteiger partial charge on any atom is 0.152 e. The first-order valence-electron chi connectivity index (χ1n) is 4.77. The molecule has 3 nitrogen and oxygen atoms in total. The zero-order valence-electron chi connectivity index (χ0n) is 8.05. The van der Waals surface area contributed by atoms with Gasteiger partial charge < -0.3 is 4.74 Å². The Morgan fingerprint density at radius 1 is 0.800 bits per heavy atom. The van der Waals surface area contributed by atoms with E-state index in [0.717, 1.165) is 22.9 Å². The van der Waals surface area contributed by atoms with Crippen molar-refractivity contribution in [3.8, 4) is 11.5 Å². The number of rotatable bonds is 0. The minimum atomic E-state index is 0.790. The van der Waals surface area contributed by atoms with Crippen molar-refractivity contribution in [3.05, 3.63) is 48.5 Å². The number of hydrogen-bond donors (Lipinski definition) is 1. The average molecular weight is 198 g/mol. The van der Waals surface area contributed by atoms with Crippen LogP contribution in [0.15, 0.2) is 48.5 Å². The Morgan fingerprint density at radius 2 is 1.27 bits per heavy atom. The van der Waals surface area contributed by atoms with Crippen LogP contribution in [0, 0.1) is 0 Å². The first-order valence-corrected chi connectivity index (χ1v) is 4.77. The Hall–Kier alpha value is -2.00. The predicted octanol–water partition coefficient (Wildman–Crippen LogP) is 2.80. The number of benzene rings is 2. The van der Waals surface area contributed by atoms with Gasteiger partial charge in [0.05, 0.1) is 0 Å². The molecule has 1 aliphatic rings. The lowest BCUT2D eigenvalue weighted by atomic mass is 10.2. The van der Waals surface area contributed by atoms with E-state index in [0.29, 0.717) is 0 Å². The van der Waals surface area contributed by atoms with Crippen LogP contribution in [0.3, 0.4) is 0 Å². The van der Waals surface area contributed by atoms with Gasteiger partial charge in [0.2, 0.25) is 0 Å². The minimum Gasteiger partial charge on any atom is -0.453 e. The van der Waals surface area contributed by atoms with Crippen LogP contribution in [0.25, 0.3) is 0 Å². The van der Waals surface area contributed by atoms with E-state index in [1.54, 1.807) is 5.01 Å². The first kappa shape index (κ1) is 8.32. The molecule has 15 heavy (non-hydrogen) atoms. The first-order chi connectivity index (χ1) is 7.36. The summed E-state index contributed by atoms with van der Waals surface area (Å²) in [6, 6.07) is 15.4. The maximum atomic E-state index is 6.01. The normalized spacial score (nSPS) is 12.7. The second kappa shape index (κ2) is 3.00. The quantitative estimate of drug-likeness (QED) is 0.661. The summed E-state index contributed by atoms with van der Waals surface area (Å²) in [5, 5.41) is 1.65. The Kier molecular flexibility index (Phi) is 1.66. The summed E-state index contributed by atoms with van der Waals surface area (Å²) >= 11 is 0. The van der Waals surface area contributed by atoms with Crippen molar-refractivity contribution in [2.45, 2.75) is 0 Å². The van der Waals surface area contributed by atoms with E-state index >= 15 is 0 Å². The van der Waals surface area contributed by atoms with Gasteiger partial charge in [-0.2, -0.15) is 0 Å². The molecule has 0 saturated heterocycles. The van der Waals surface area contributed by atoms with Crippen molar-refractivity contribution < 1.29 is 4.74 Å². The number of nitrogens with two attached hydrogens (primary N) is 1. The molecule has 0 atom stereocenters. The molecule has 3 rings (SSSR count). The molecule has 0 amide bonds. The highest BCUT2D eigenvalue weighted by atomic mass is 16.5. The van der Waals surface area contributed by atoms with E-state index in [9.17, 15) is 0 Å². The topological polar surface area (TPSA) is 38.5 Å². The summed E-state index contributed by atoms with van der Waals surface area (Å²) in [5.41, 5.74) is 1.77. The second-order valence-corrected chi connectivity index (χ2v) is 3.41. The number of para-hydroxylation sites is 4. The van der Waals surface area contributed by atoms with Gasteiger partial charge in [0.25, 0.3) is 0 Å². The number of fused-ring (bicyclic) bond motifs is 2. The maximum absolute atomic E-state index is 6.01. The van der Waals surface area contributed by atoms with E-state index in [4.69, 9.17) is 10.6 Å². The van der Waals surface area contributed by atoms with E-state index in [2.05, 4.69) is 0 Å². The summed E-state index contributed by atoms with van der Waals surface area (Å²) in [6.07, 6.45) is 0. The summed E-state index contributed by atoms with van der Waals surface area (Å²) in [5.74, 6) is 7.59. The van der Waals surface area contributed by atoms with Crippen LogP contribution in [-0.4, -0.2) is 0 Å². The van der Waals surface area contributed by atoms with Crippen LogP contribution in [0.2, 0.25) is 0 Å². The largest absolute Gasteiger partial charge is 0.453 e. The van der Waals surface area contributed by atoms with Crippen LogP contribution in [-0.2, 0) is 0 Å². The van der Waals surface area contributed by atoms with Gasteiger partial charge in [-0.15, -0.1) is 0 Å². The predicted molar refractivity (Wildman–Crippen MR) is 59.3 cm³/mol. The fourth-order valence-corrected chi connectivity index (χ4v) is 1.73. The van der Waals surface area contributed by atoms with Crippen molar-refractivity contribution in [1.29, 1.82) is 0 Å². The molecule has 3 heteroatoms. The Bertz CT molecular complexity index is 465. The second-order valence-electron chi connectivity index (χ2n) is 3.41. The lowest BCUT2D eigenvalue weighted by molar-refractivity contribution is 0.474. The molecular weight excluding hydrogens is 188 g/mol. The highest BCUT2D eigenvalue weighted by Crippen LogP contribution is 2.43. The SMILES string of the molecule is NN1c2ccccc2Oc2ccccc21. The van der Waals surface area contributed by atoms with E-state index in [1.165, 1.54) is 0 Å². The Labute approximate surface area is 87.7 Å². The summed E-state index contributed by atoms with van der Waals surface area (Å²) in [4.78, 5) is 0. The summed E-state index contributed by atoms with van der Waals surface area (Å²) in [7, 11) is 0. The number of hydrogen-bond acceptors (Lipinski definition) is 3. The third-order valence-corrected chi connectivity index (χ3v) is 2.47. The average Bonchev–Trinajstić information content (AvgIpc) is 2.30. The molecule has 0 aromatic heterocycles. The molecule has 0 spiro atoms. The highest BCUT2D eigenvalue weighted by molar-refractivity contribution is 5.76. The van der Waals surface area contributed by atoms with Crippen molar-refractivity contribution in [3.63, 3.8) is 0 Å². The molecule has 0 saturated carbocycles. The lowest BCUT2D eigenvalue weighted by Gasteiger charge is -2.28. The number of ether oxygens (including phenoxy) is 1. The molecule has 0 bridgehead atoms. The van der Waals surface area contributed by atoms with Gasteiger partial charge in [-0.3, -0.25) is 5.01 Å². The molecule has 0 fully saturated rings. The standard InChI is InChI=1S/C12H10N2O/c13-14-9-5-1-3-7-11(9)15-12-8-4-2-6-10(12)14/h1-8H,13H2. The molecule has 2 N–H and O–H groups in total. The molecule has 1 heterocycles. The summed E-state index contributed by atoms with van der Waals surface area (Å²) in [6.45, 7) is 0. The van der Waals surface area contributed by atoms with Crippen LogP contribution in [0.1, 0.15) is 0 Å². The fourth-order valence-electron chi connectivity index (χ4n) is 1.73. The van der Waals surface area contributed by atoms with Gasteiger partial charge in [0.15, 0.2) is 11.5 Å². The highest BCUT2D eigenvalue weighted by Gasteiger charge is 2.20. The number of anilines is 2. The zero-order chi connectivity index (χ0) is 10.3. The van der Waals surface area contributed by atoms with Crippen molar-refractivity contribution >= 4 is 11.4 Å². The molecule has 0 aliphatic carbocycles. The molecule has 1 aliphatic heterocycles. The van der Waals surface area contributed by atoms with Crippen molar-refractivity contribution in [2.24, 2.45) is 5.84 Å². The number of nitrogens with zero attached hydrogens (tertiary/aromatic N) is 1. The Morgan fingerprint density at radius 3 is 1.80 bits per heavy atom. The molecule has 0 unspecified atom stereocenters. The molecule has 2 aromatic rings. The van der Waals surface area contributed by atoms with Crippen molar-refractivity contribution in [1.82, 2.24) is 0 Å². The lowest BCUT2D eigenvalue weighted by Crippen LogP contribution is -2.27.